The zero-order valence-corrected chi connectivity index (χ0v) is 11.6. The predicted molar refractivity (Wildman–Crippen MR) is 68.3 cm³/mol. The highest BCUT2D eigenvalue weighted by atomic mass is 16.5. The van der Waals surface area contributed by atoms with Crippen LogP contribution in [0.2, 0.25) is 0 Å². The maximum Gasteiger partial charge on any atom is 0.310 e. The van der Waals surface area contributed by atoms with Crippen LogP contribution in [0.15, 0.2) is 10.6 Å². The van der Waals surface area contributed by atoms with Crippen LogP contribution in [0.4, 0.5) is 0 Å². The lowest BCUT2D eigenvalue weighted by atomic mass is 9.98. The van der Waals surface area contributed by atoms with Gasteiger partial charge in [0, 0.05) is 13.1 Å². The van der Waals surface area contributed by atoms with Gasteiger partial charge < -0.3 is 18.9 Å². The van der Waals surface area contributed by atoms with E-state index < -0.39 is 0 Å². The van der Waals surface area contributed by atoms with Gasteiger partial charge in [0.1, 0.15) is 0 Å². The van der Waals surface area contributed by atoms with Crippen molar-refractivity contribution in [2.75, 3.05) is 26.8 Å². The second-order valence-electron chi connectivity index (χ2n) is 4.58. The Morgan fingerprint density at radius 3 is 3.00 bits per heavy atom. The van der Waals surface area contributed by atoms with Crippen LogP contribution in [0.1, 0.15) is 30.3 Å². The van der Waals surface area contributed by atoms with E-state index in [-0.39, 0.29) is 29.4 Å². The third-order valence-corrected chi connectivity index (χ3v) is 3.24. The van der Waals surface area contributed by atoms with Crippen LogP contribution in [0, 0.1) is 5.92 Å². The second-order valence-corrected chi connectivity index (χ2v) is 4.58. The molecule has 0 spiro atoms. The SMILES string of the molecule is CCOC(=O)[C@H]1CCCN(C(=O)c2cc(OC)no2)C1. The highest BCUT2D eigenvalue weighted by molar-refractivity contribution is 5.92. The quantitative estimate of drug-likeness (QED) is 0.769. The number of nitrogens with zero attached hydrogens (tertiary/aromatic N) is 2. The first-order valence-corrected chi connectivity index (χ1v) is 6.62. The molecule has 1 aromatic heterocycles. The molecule has 1 amide bonds. The Labute approximate surface area is 116 Å². The summed E-state index contributed by atoms with van der Waals surface area (Å²) in [6.07, 6.45) is 1.50. The third-order valence-electron chi connectivity index (χ3n) is 3.24. The van der Waals surface area contributed by atoms with E-state index in [1.165, 1.54) is 13.2 Å². The number of hydrogen-bond donors (Lipinski definition) is 0. The second kappa shape index (κ2) is 6.40. The molecule has 0 unspecified atom stereocenters. The first kappa shape index (κ1) is 14.4. The Hall–Kier alpha value is -2.05. The van der Waals surface area contributed by atoms with Crippen molar-refractivity contribution in [2.45, 2.75) is 19.8 Å². The molecule has 1 fully saturated rings. The fourth-order valence-electron chi connectivity index (χ4n) is 2.23. The van der Waals surface area contributed by atoms with Gasteiger partial charge in [-0.05, 0) is 24.9 Å². The molecular formula is C13H18N2O5. The van der Waals surface area contributed by atoms with Crippen LogP contribution >= 0.6 is 0 Å². The van der Waals surface area contributed by atoms with Crippen LogP contribution in [-0.4, -0.2) is 48.7 Å². The van der Waals surface area contributed by atoms with E-state index in [4.69, 9.17) is 14.0 Å². The topological polar surface area (TPSA) is 81.9 Å². The molecule has 2 rings (SSSR count). The van der Waals surface area contributed by atoms with Crippen LogP contribution in [0.25, 0.3) is 0 Å². The molecule has 1 saturated heterocycles. The number of aromatic nitrogens is 1. The highest BCUT2D eigenvalue weighted by Gasteiger charge is 2.31. The molecule has 0 bridgehead atoms. The highest BCUT2D eigenvalue weighted by Crippen LogP contribution is 2.21. The van der Waals surface area contributed by atoms with Gasteiger partial charge in [-0.15, -0.1) is 0 Å². The number of ether oxygens (including phenoxy) is 2. The average molecular weight is 282 g/mol. The Morgan fingerprint density at radius 2 is 2.35 bits per heavy atom. The smallest absolute Gasteiger partial charge is 0.310 e. The first-order valence-electron chi connectivity index (χ1n) is 6.62. The number of carbonyl (C=O) groups is 2. The van der Waals surface area contributed by atoms with Gasteiger partial charge in [0.15, 0.2) is 0 Å². The largest absolute Gasteiger partial charge is 0.479 e. The Balaban J connectivity index is 2.01. The van der Waals surface area contributed by atoms with Crippen LogP contribution in [0.3, 0.4) is 0 Å². The van der Waals surface area contributed by atoms with Crippen LogP contribution < -0.4 is 4.74 Å². The van der Waals surface area contributed by atoms with Gasteiger partial charge in [-0.2, -0.15) is 0 Å². The fraction of sp³-hybridized carbons (Fsp3) is 0.615. The molecular weight excluding hydrogens is 264 g/mol. The lowest BCUT2D eigenvalue weighted by Gasteiger charge is -2.30. The molecule has 7 nitrogen and oxygen atoms in total. The van der Waals surface area contributed by atoms with Crippen molar-refractivity contribution >= 4 is 11.9 Å². The summed E-state index contributed by atoms with van der Waals surface area (Å²) in [5, 5.41) is 3.60. The van der Waals surface area contributed by atoms with Gasteiger partial charge >= 0.3 is 5.97 Å². The van der Waals surface area contributed by atoms with Crippen LogP contribution in [0.5, 0.6) is 5.88 Å². The number of esters is 1. The molecule has 20 heavy (non-hydrogen) atoms. The number of methoxy groups -OCH3 is 1. The molecule has 0 aromatic carbocycles. The maximum absolute atomic E-state index is 12.2. The summed E-state index contributed by atoms with van der Waals surface area (Å²) in [6.45, 7) is 3.06. The van der Waals surface area contributed by atoms with Crippen molar-refractivity contribution in [2.24, 2.45) is 5.92 Å². The van der Waals surface area contributed by atoms with E-state index in [0.717, 1.165) is 12.8 Å². The number of amides is 1. The molecule has 1 atom stereocenters. The summed E-state index contributed by atoms with van der Waals surface area (Å²) in [5.41, 5.74) is 0. The van der Waals surface area contributed by atoms with Crippen molar-refractivity contribution in [3.05, 3.63) is 11.8 Å². The summed E-state index contributed by atoms with van der Waals surface area (Å²) < 4.78 is 14.8. The predicted octanol–water partition coefficient (Wildman–Crippen LogP) is 1.10. The summed E-state index contributed by atoms with van der Waals surface area (Å²) in [5.74, 6) is -0.425. The summed E-state index contributed by atoms with van der Waals surface area (Å²) in [7, 11) is 1.45. The standard InChI is InChI=1S/C13H18N2O5/c1-3-19-13(17)9-5-4-6-15(8-9)12(16)10-7-11(18-2)14-20-10/h7,9H,3-6,8H2,1-2H3/t9-/m0/s1. The Kier molecular flexibility index (Phi) is 4.60. The summed E-state index contributed by atoms with van der Waals surface area (Å²) in [4.78, 5) is 25.6. The molecule has 1 aliphatic heterocycles. The molecule has 0 aliphatic carbocycles. The van der Waals surface area contributed by atoms with Crippen molar-refractivity contribution in [3.63, 3.8) is 0 Å². The zero-order valence-electron chi connectivity index (χ0n) is 11.6. The Morgan fingerprint density at radius 1 is 1.55 bits per heavy atom. The molecule has 0 radical (unpaired) electrons. The minimum atomic E-state index is -0.283. The lowest BCUT2D eigenvalue weighted by Crippen LogP contribution is -2.42. The third kappa shape index (κ3) is 3.09. The molecule has 110 valence electrons. The van der Waals surface area contributed by atoms with Gasteiger partial charge in [-0.1, -0.05) is 0 Å². The van der Waals surface area contributed by atoms with E-state index in [1.807, 2.05) is 0 Å². The Bertz CT molecular complexity index is 485. The zero-order chi connectivity index (χ0) is 14.5. The van der Waals surface area contributed by atoms with Gasteiger partial charge in [-0.3, -0.25) is 9.59 Å². The summed E-state index contributed by atoms with van der Waals surface area (Å²) in [6, 6.07) is 1.44. The van der Waals surface area contributed by atoms with E-state index >= 15 is 0 Å². The minimum absolute atomic E-state index is 0.117. The molecule has 7 heteroatoms. The molecule has 2 heterocycles. The number of rotatable bonds is 4. The average Bonchev–Trinajstić information content (AvgIpc) is 2.96. The minimum Gasteiger partial charge on any atom is -0.479 e. The van der Waals surface area contributed by atoms with Gasteiger partial charge in [0.25, 0.3) is 11.8 Å². The van der Waals surface area contributed by atoms with Gasteiger partial charge in [-0.25, -0.2) is 0 Å². The number of hydrogen-bond acceptors (Lipinski definition) is 6. The van der Waals surface area contributed by atoms with Crippen molar-refractivity contribution in [3.8, 4) is 5.88 Å². The van der Waals surface area contributed by atoms with E-state index in [9.17, 15) is 9.59 Å². The fourth-order valence-corrected chi connectivity index (χ4v) is 2.23. The number of likely N-dealkylation sites (tertiary alicyclic amines) is 1. The molecule has 1 aliphatic rings. The van der Waals surface area contributed by atoms with Crippen molar-refractivity contribution in [1.29, 1.82) is 0 Å². The molecule has 0 N–H and O–H groups in total. The maximum atomic E-state index is 12.2. The summed E-state index contributed by atoms with van der Waals surface area (Å²) >= 11 is 0. The number of piperidine rings is 1. The lowest BCUT2D eigenvalue weighted by molar-refractivity contribution is -0.149. The normalized spacial score (nSPS) is 18.7. The van der Waals surface area contributed by atoms with Gasteiger partial charge in [0.05, 0.1) is 25.7 Å². The molecule has 0 saturated carbocycles. The molecule has 1 aromatic rings. The van der Waals surface area contributed by atoms with E-state index in [1.54, 1.807) is 11.8 Å². The van der Waals surface area contributed by atoms with Crippen LogP contribution in [-0.2, 0) is 9.53 Å². The van der Waals surface area contributed by atoms with E-state index in [2.05, 4.69) is 5.16 Å². The van der Waals surface area contributed by atoms with Crippen molar-refractivity contribution in [1.82, 2.24) is 10.1 Å². The monoisotopic (exact) mass is 282 g/mol. The number of carbonyl (C=O) groups excluding carboxylic acids is 2. The van der Waals surface area contributed by atoms with E-state index in [0.29, 0.717) is 19.7 Å². The first-order chi connectivity index (χ1) is 9.65. The van der Waals surface area contributed by atoms with Crippen molar-refractivity contribution < 1.29 is 23.6 Å². The van der Waals surface area contributed by atoms with Gasteiger partial charge in [0.2, 0.25) is 5.76 Å².